The Morgan fingerprint density at radius 1 is 1.00 bits per heavy atom. The number of ether oxygens (including phenoxy) is 1. The van der Waals surface area contributed by atoms with Crippen molar-refractivity contribution in [3.8, 4) is 0 Å². The molecule has 0 unspecified atom stereocenters. The summed E-state index contributed by atoms with van der Waals surface area (Å²) in [6.45, 7) is 2.93. The number of carboxylic acids is 1. The van der Waals surface area contributed by atoms with E-state index < -0.39 is 54.0 Å². The second kappa shape index (κ2) is 15.8. The van der Waals surface area contributed by atoms with Crippen molar-refractivity contribution in [3.63, 3.8) is 0 Å². The minimum absolute atomic E-state index is 0.0250. The van der Waals surface area contributed by atoms with E-state index in [1.165, 1.54) is 11.0 Å². The lowest BCUT2D eigenvalue weighted by atomic mass is 9.99. The number of piperidine rings is 2. The van der Waals surface area contributed by atoms with Gasteiger partial charge in [-0.05, 0) is 74.5 Å². The molecule has 0 spiro atoms. The van der Waals surface area contributed by atoms with Crippen molar-refractivity contribution < 1.29 is 42.2 Å². The standard InChI is InChI=1S/C35H43ClF3N7O6/c36-26-18-21(17-25(30(26)40)35(37,38)39)19-29(31(47)46-16-15-44(20-28(46)32(48)49)23-5-10-41-11-6-23)52-34(51)43-12-8-24(9-13-43)45-14-7-22-3-1-2-4-27(22)42-33(45)50/h1-4,17-18,23-24,28-29,41H,5-16,19-20,40H2,(H,42,50)(H,48,49)/t28-,29+/m0/s1. The van der Waals surface area contributed by atoms with E-state index >= 15 is 0 Å². The molecule has 52 heavy (non-hydrogen) atoms. The molecule has 4 heterocycles. The topological polar surface area (TPSA) is 161 Å². The van der Waals surface area contributed by atoms with E-state index in [-0.39, 0.29) is 54.9 Å². The van der Waals surface area contributed by atoms with Gasteiger partial charge in [-0.1, -0.05) is 29.8 Å². The Labute approximate surface area is 304 Å². The molecule has 0 aromatic heterocycles. The lowest BCUT2D eigenvalue weighted by molar-refractivity contribution is -0.159. The molecule has 13 nitrogen and oxygen atoms in total. The Kier molecular flexibility index (Phi) is 11.4. The summed E-state index contributed by atoms with van der Waals surface area (Å²) < 4.78 is 47.3. The number of halogens is 4. The zero-order chi connectivity index (χ0) is 37.2. The first-order valence-electron chi connectivity index (χ1n) is 17.5. The molecule has 0 radical (unpaired) electrons. The molecule has 282 valence electrons. The molecule has 4 aliphatic heterocycles. The number of nitrogens with zero attached hydrogens (tertiary/aromatic N) is 4. The molecule has 3 fully saturated rings. The molecule has 4 aliphatic rings. The molecular formula is C35H43ClF3N7O6. The number of likely N-dealkylation sites (tertiary alicyclic amines) is 1. The number of urea groups is 1. The van der Waals surface area contributed by atoms with E-state index in [1.54, 1.807) is 4.90 Å². The van der Waals surface area contributed by atoms with Gasteiger partial charge in [0.25, 0.3) is 5.91 Å². The van der Waals surface area contributed by atoms with Crippen molar-refractivity contribution >= 4 is 47.0 Å². The smallest absolute Gasteiger partial charge is 0.418 e. The molecule has 2 atom stereocenters. The van der Waals surface area contributed by atoms with Crippen LogP contribution >= 0.6 is 11.6 Å². The summed E-state index contributed by atoms with van der Waals surface area (Å²) in [6.07, 6.45) is -4.71. The number of amides is 4. The molecule has 0 saturated carbocycles. The Morgan fingerprint density at radius 3 is 2.40 bits per heavy atom. The van der Waals surface area contributed by atoms with E-state index in [2.05, 4.69) is 10.6 Å². The quantitative estimate of drug-likeness (QED) is 0.308. The molecule has 3 saturated heterocycles. The van der Waals surface area contributed by atoms with Gasteiger partial charge in [0.1, 0.15) is 6.04 Å². The number of carboxylic acid groups (broad SMARTS) is 1. The number of rotatable bonds is 7. The predicted molar refractivity (Wildman–Crippen MR) is 186 cm³/mol. The lowest BCUT2D eigenvalue weighted by Crippen LogP contribution is -2.63. The van der Waals surface area contributed by atoms with Crippen LogP contribution in [0.1, 0.15) is 42.4 Å². The Hall–Kier alpha value is -4.28. The monoisotopic (exact) mass is 749 g/mol. The third kappa shape index (κ3) is 8.34. The highest BCUT2D eigenvalue weighted by Gasteiger charge is 2.42. The maximum Gasteiger partial charge on any atom is 0.418 e. The van der Waals surface area contributed by atoms with Crippen LogP contribution in [0.4, 0.5) is 34.1 Å². The zero-order valence-corrected chi connectivity index (χ0v) is 29.3. The van der Waals surface area contributed by atoms with Crippen LogP contribution in [0.3, 0.4) is 0 Å². The highest BCUT2D eigenvalue weighted by molar-refractivity contribution is 6.33. The number of hydrogen-bond acceptors (Lipinski definition) is 8. The normalized spacial score (nSPS) is 21.6. The maximum atomic E-state index is 14.2. The van der Waals surface area contributed by atoms with Gasteiger partial charge in [0.2, 0.25) is 0 Å². The van der Waals surface area contributed by atoms with E-state index in [1.807, 2.05) is 29.2 Å². The lowest BCUT2D eigenvalue weighted by Gasteiger charge is -2.44. The molecule has 4 amide bonds. The largest absolute Gasteiger partial charge is 0.480 e. The summed E-state index contributed by atoms with van der Waals surface area (Å²) in [4.78, 5) is 59.8. The fourth-order valence-electron chi connectivity index (χ4n) is 7.68. The predicted octanol–water partition coefficient (Wildman–Crippen LogP) is 3.89. The Bertz CT molecular complexity index is 1670. The summed E-state index contributed by atoms with van der Waals surface area (Å²) in [5.74, 6) is -2.07. The molecule has 2 aromatic carbocycles. The van der Waals surface area contributed by atoms with Crippen molar-refractivity contribution in [1.82, 2.24) is 24.9 Å². The third-order valence-corrected chi connectivity index (χ3v) is 10.9. The van der Waals surface area contributed by atoms with E-state index in [0.29, 0.717) is 32.4 Å². The zero-order valence-electron chi connectivity index (χ0n) is 28.5. The van der Waals surface area contributed by atoms with Gasteiger partial charge < -0.3 is 40.9 Å². The number of carbonyl (C=O) groups is 4. The molecular weight excluding hydrogens is 707 g/mol. The minimum Gasteiger partial charge on any atom is -0.480 e. The van der Waals surface area contributed by atoms with E-state index in [4.69, 9.17) is 22.1 Å². The first kappa shape index (κ1) is 37.5. The van der Waals surface area contributed by atoms with E-state index in [0.717, 1.165) is 48.1 Å². The first-order chi connectivity index (χ1) is 24.8. The number of carbonyl (C=O) groups excluding carboxylic acids is 3. The SMILES string of the molecule is Nc1c(Cl)cc(C[C@@H](OC(=O)N2CCC(N3CCc4ccccc4NC3=O)CC2)C(=O)N2CCN(C3CCNCC3)C[C@H]2C(=O)O)cc1C(F)(F)F. The van der Waals surface area contributed by atoms with Gasteiger partial charge in [-0.25, -0.2) is 14.4 Å². The number of piperazine rings is 1. The fourth-order valence-corrected chi connectivity index (χ4v) is 7.92. The van der Waals surface area contributed by atoms with Gasteiger partial charge in [0.15, 0.2) is 6.10 Å². The number of para-hydroxylation sites is 1. The van der Waals surface area contributed by atoms with Crippen LogP contribution in [0.15, 0.2) is 36.4 Å². The molecule has 2 aromatic rings. The average Bonchev–Trinajstić information content (AvgIpc) is 3.30. The van der Waals surface area contributed by atoms with Gasteiger partial charge >= 0.3 is 24.3 Å². The number of anilines is 2. The van der Waals surface area contributed by atoms with Gasteiger partial charge in [-0.15, -0.1) is 0 Å². The molecule has 0 aliphatic carbocycles. The van der Waals surface area contributed by atoms with Crippen LogP contribution in [0, 0.1) is 0 Å². The number of alkyl halides is 3. The molecule has 0 bridgehead atoms. The van der Waals surface area contributed by atoms with Crippen LogP contribution in [-0.4, -0.2) is 125 Å². The third-order valence-electron chi connectivity index (χ3n) is 10.5. The average molecular weight is 750 g/mol. The maximum absolute atomic E-state index is 14.2. The van der Waals surface area contributed by atoms with E-state index in [9.17, 15) is 37.5 Å². The number of fused-ring (bicyclic) bond motifs is 1. The van der Waals surface area contributed by atoms with Crippen LogP contribution in [0.5, 0.6) is 0 Å². The van der Waals surface area contributed by atoms with Crippen molar-refractivity contribution in [2.75, 3.05) is 63.4 Å². The second-order valence-electron chi connectivity index (χ2n) is 13.7. The van der Waals surface area contributed by atoms with Crippen molar-refractivity contribution in [1.29, 1.82) is 0 Å². The van der Waals surface area contributed by atoms with Crippen molar-refractivity contribution in [3.05, 3.63) is 58.1 Å². The Balaban J connectivity index is 1.18. The minimum atomic E-state index is -4.85. The van der Waals surface area contributed by atoms with Crippen molar-refractivity contribution in [2.24, 2.45) is 0 Å². The first-order valence-corrected chi connectivity index (χ1v) is 17.9. The fraction of sp³-hybridized carbons (Fsp3) is 0.543. The van der Waals surface area contributed by atoms with Gasteiger partial charge in [0.05, 0.1) is 16.3 Å². The second-order valence-corrected chi connectivity index (χ2v) is 14.1. The molecule has 5 N–H and O–H groups in total. The van der Waals surface area contributed by atoms with Gasteiger partial charge in [-0.2, -0.15) is 13.2 Å². The molecule has 6 rings (SSSR count). The summed E-state index contributed by atoms with van der Waals surface area (Å²) in [5, 5.41) is 16.1. The Morgan fingerprint density at radius 2 is 1.71 bits per heavy atom. The van der Waals surface area contributed by atoms with Gasteiger partial charge in [0, 0.05) is 63.5 Å². The summed E-state index contributed by atoms with van der Waals surface area (Å²) in [5.41, 5.74) is 5.47. The van der Waals surface area contributed by atoms with Crippen LogP contribution in [0.25, 0.3) is 0 Å². The highest BCUT2D eigenvalue weighted by Crippen LogP contribution is 2.38. The summed E-state index contributed by atoms with van der Waals surface area (Å²) in [6, 6.07) is 8.00. The summed E-state index contributed by atoms with van der Waals surface area (Å²) >= 11 is 6.09. The van der Waals surface area contributed by atoms with Crippen LogP contribution < -0.4 is 16.4 Å². The molecule has 17 heteroatoms. The van der Waals surface area contributed by atoms with Gasteiger partial charge in [-0.3, -0.25) is 9.69 Å². The highest BCUT2D eigenvalue weighted by atomic mass is 35.5. The van der Waals surface area contributed by atoms with Crippen molar-refractivity contribution in [2.45, 2.75) is 68.9 Å². The number of hydrogen-bond donors (Lipinski definition) is 4. The number of nitrogen functional groups attached to an aromatic ring is 1. The number of nitrogens with two attached hydrogens (primary N) is 1. The summed E-state index contributed by atoms with van der Waals surface area (Å²) in [7, 11) is 0. The number of aliphatic carboxylic acids is 1. The van der Waals surface area contributed by atoms with Crippen LogP contribution in [0.2, 0.25) is 5.02 Å². The van der Waals surface area contributed by atoms with Crippen LogP contribution in [-0.2, 0) is 33.3 Å². The number of benzene rings is 2. The number of nitrogens with one attached hydrogen (secondary N) is 2.